The summed E-state index contributed by atoms with van der Waals surface area (Å²) in [6.07, 6.45) is 8.16. The van der Waals surface area contributed by atoms with E-state index in [1.165, 1.54) is 5.56 Å². The van der Waals surface area contributed by atoms with Crippen molar-refractivity contribution < 1.29 is 9.53 Å². The van der Waals surface area contributed by atoms with E-state index in [9.17, 15) is 4.79 Å². The molecule has 0 spiro atoms. The van der Waals surface area contributed by atoms with E-state index in [4.69, 9.17) is 4.74 Å². The molecule has 0 bridgehead atoms. The molecule has 1 amide bonds. The summed E-state index contributed by atoms with van der Waals surface area (Å²) in [4.78, 5) is 16.5. The Balaban J connectivity index is 1.59. The first kappa shape index (κ1) is 16.1. The van der Waals surface area contributed by atoms with Gasteiger partial charge in [-0.05, 0) is 59.7 Å². The molecule has 122 valence electrons. The van der Waals surface area contributed by atoms with Crippen molar-refractivity contribution in [3.8, 4) is 0 Å². The summed E-state index contributed by atoms with van der Waals surface area (Å²) in [5.41, 5.74) is 2.28. The lowest BCUT2D eigenvalue weighted by Crippen LogP contribution is -2.30. The molecule has 0 unspecified atom stereocenters. The third-order valence-corrected chi connectivity index (χ3v) is 4.89. The second-order valence-electron chi connectivity index (χ2n) is 5.92. The molecule has 2 atom stereocenters. The van der Waals surface area contributed by atoms with Crippen molar-refractivity contribution in [2.24, 2.45) is 0 Å². The van der Waals surface area contributed by atoms with Gasteiger partial charge < -0.3 is 10.1 Å². The lowest BCUT2D eigenvalue weighted by molar-refractivity contribution is -0.122. The van der Waals surface area contributed by atoms with Gasteiger partial charge in [0.2, 0.25) is 5.91 Å². The number of carbonyl (C=O) groups is 1. The van der Waals surface area contributed by atoms with Gasteiger partial charge in [0, 0.05) is 25.4 Å². The van der Waals surface area contributed by atoms with E-state index in [-0.39, 0.29) is 18.1 Å². The van der Waals surface area contributed by atoms with Gasteiger partial charge in [0.1, 0.15) is 0 Å². The smallest absolute Gasteiger partial charge is 0.220 e. The van der Waals surface area contributed by atoms with Crippen LogP contribution in [0.1, 0.15) is 42.9 Å². The molecule has 1 aliphatic heterocycles. The molecular formula is C18H22N2O2S. The normalized spacial score (nSPS) is 18.7. The molecule has 1 N–H and O–H groups in total. The molecular weight excluding hydrogens is 308 g/mol. The number of rotatable bonds is 7. The van der Waals surface area contributed by atoms with Crippen LogP contribution in [0.2, 0.25) is 0 Å². The van der Waals surface area contributed by atoms with Crippen molar-refractivity contribution in [2.45, 2.75) is 44.2 Å². The summed E-state index contributed by atoms with van der Waals surface area (Å²) < 4.78 is 5.59. The fourth-order valence-electron chi connectivity index (χ4n) is 2.91. The zero-order valence-electron chi connectivity index (χ0n) is 13.1. The van der Waals surface area contributed by atoms with E-state index in [0.717, 1.165) is 37.9 Å². The highest BCUT2D eigenvalue weighted by Crippen LogP contribution is 2.21. The van der Waals surface area contributed by atoms with Crippen molar-refractivity contribution in [2.75, 3.05) is 6.61 Å². The number of pyridine rings is 1. The number of hydrogen-bond donors (Lipinski definition) is 1. The molecule has 3 heterocycles. The number of ether oxygens (including phenoxy) is 1. The fourth-order valence-corrected chi connectivity index (χ4v) is 3.59. The first-order valence-electron chi connectivity index (χ1n) is 8.13. The van der Waals surface area contributed by atoms with Crippen molar-refractivity contribution in [1.29, 1.82) is 0 Å². The monoisotopic (exact) mass is 330 g/mol. The highest BCUT2D eigenvalue weighted by atomic mass is 32.1. The van der Waals surface area contributed by atoms with Crippen molar-refractivity contribution in [1.82, 2.24) is 10.3 Å². The Hall–Kier alpha value is -1.72. The van der Waals surface area contributed by atoms with Crippen molar-refractivity contribution >= 4 is 17.2 Å². The van der Waals surface area contributed by atoms with Crippen LogP contribution in [-0.2, 0) is 16.0 Å². The van der Waals surface area contributed by atoms with E-state index in [0.29, 0.717) is 6.42 Å². The van der Waals surface area contributed by atoms with Crippen LogP contribution in [0.4, 0.5) is 0 Å². The molecule has 4 nitrogen and oxygen atoms in total. The average molecular weight is 330 g/mol. The summed E-state index contributed by atoms with van der Waals surface area (Å²) >= 11 is 1.68. The fraction of sp³-hybridized carbons (Fsp3) is 0.444. The van der Waals surface area contributed by atoms with Crippen LogP contribution in [0.15, 0.2) is 41.4 Å². The summed E-state index contributed by atoms with van der Waals surface area (Å²) in [7, 11) is 0. The Bertz CT molecular complexity index is 595. The molecule has 3 rings (SSSR count). The van der Waals surface area contributed by atoms with Crippen LogP contribution in [0.5, 0.6) is 0 Å². The lowest BCUT2D eigenvalue weighted by atomic mass is 10.0. The molecule has 2 aromatic heterocycles. The zero-order valence-corrected chi connectivity index (χ0v) is 13.9. The van der Waals surface area contributed by atoms with E-state index in [1.54, 1.807) is 17.5 Å². The molecule has 5 heteroatoms. The SMILES string of the molecule is O=C(CC[C@H]1CCCO1)N[C@H](Cc1ccsc1)c1cccnc1. The van der Waals surface area contributed by atoms with Gasteiger partial charge in [-0.3, -0.25) is 9.78 Å². The number of nitrogens with zero attached hydrogens (tertiary/aromatic N) is 1. The van der Waals surface area contributed by atoms with Crippen LogP contribution < -0.4 is 5.32 Å². The zero-order chi connectivity index (χ0) is 15.9. The number of aromatic nitrogens is 1. The van der Waals surface area contributed by atoms with Crippen LogP contribution in [0.3, 0.4) is 0 Å². The molecule has 0 aliphatic carbocycles. The third kappa shape index (κ3) is 4.88. The molecule has 2 aromatic rings. The van der Waals surface area contributed by atoms with Crippen LogP contribution in [0.25, 0.3) is 0 Å². The number of amides is 1. The summed E-state index contributed by atoms with van der Waals surface area (Å²) in [5.74, 6) is 0.0876. The van der Waals surface area contributed by atoms with Crippen LogP contribution in [-0.4, -0.2) is 23.6 Å². The topological polar surface area (TPSA) is 51.2 Å². The molecule has 23 heavy (non-hydrogen) atoms. The minimum absolute atomic E-state index is 0.0321. The maximum Gasteiger partial charge on any atom is 0.220 e. The molecule has 1 aliphatic rings. The van der Waals surface area contributed by atoms with Gasteiger partial charge in [0.25, 0.3) is 0 Å². The summed E-state index contributed by atoms with van der Waals surface area (Å²) in [6.45, 7) is 0.836. The maximum absolute atomic E-state index is 12.3. The van der Waals surface area contributed by atoms with E-state index in [2.05, 4.69) is 27.1 Å². The Labute approximate surface area is 140 Å². The number of carbonyl (C=O) groups excluding carboxylic acids is 1. The molecule has 1 fully saturated rings. The molecule has 0 saturated carbocycles. The Kier molecular flexibility index (Phi) is 5.77. The van der Waals surface area contributed by atoms with Crippen LogP contribution >= 0.6 is 11.3 Å². The quantitative estimate of drug-likeness (QED) is 0.845. The Morgan fingerprint density at radius 1 is 1.48 bits per heavy atom. The first-order valence-corrected chi connectivity index (χ1v) is 9.07. The van der Waals surface area contributed by atoms with Gasteiger partial charge in [-0.15, -0.1) is 0 Å². The van der Waals surface area contributed by atoms with Gasteiger partial charge in [0.15, 0.2) is 0 Å². The average Bonchev–Trinajstić information content (AvgIpc) is 3.27. The van der Waals surface area contributed by atoms with Gasteiger partial charge >= 0.3 is 0 Å². The third-order valence-electron chi connectivity index (χ3n) is 4.16. The second-order valence-corrected chi connectivity index (χ2v) is 6.70. The second kappa shape index (κ2) is 8.22. The Morgan fingerprint density at radius 2 is 2.43 bits per heavy atom. The minimum Gasteiger partial charge on any atom is -0.378 e. The number of nitrogens with one attached hydrogen (secondary N) is 1. The van der Waals surface area contributed by atoms with E-state index < -0.39 is 0 Å². The highest BCUT2D eigenvalue weighted by molar-refractivity contribution is 7.07. The Morgan fingerprint density at radius 3 is 3.13 bits per heavy atom. The number of thiophene rings is 1. The van der Waals surface area contributed by atoms with E-state index >= 15 is 0 Å². The molecule has 0 radical (unpaired) electrons. The van der Waals surface area contributed by atoms with Crippen LogP contribution in [0, 0.1) is 0 Å². The van der Waals surface area contributed by atoms with Crippen molar-refractivity contribution in [3.63, 3.8) is 0 Å². The highest BCUT2D eigenvalue weighted by Gasteiger charge is 2.19. The summed E-state index contributed by atoms with van der Waals surface area (Å²) in [6, 6.07) is 6.00. The van der Waals surface area contributed by atoms with Crippen molar-refractivity contribution in [3.05, 3.63) is 52.5 Å². The van der Waals surface area contributed by atoms with Gasteiger partial charge in [0.05, 0.1) is 12.1 Å². The predicted molar refractivity (Wildman–Crippen MR) is 91.4 cm³/mol. The van der Waals surface area contributed by atoms with E-state index in [1.807, 2.05) is 18.3 Å². The molecule has 1 saturated heterocycles. The summed E-state index contributed by atoms with van der Waals surface area (Å²) in [5, 5.41) is 7.36. The van der Waals surface area contributed by atoms with Gasteiger partial charge in [-0.1, -0.05) is 6.07 Å². The minimum atomic E-state index is -0.0321. The lowest BCUT2D eigenvalue weighted by Gasteiger charge is -2.19. The predicted octanol–water partition coefficient (Wildman–Crippen LogP) is 3.50. The first-order chi connectivity index (χ1) is 11.3. The largest absolute Gasteiger partial charge is 0.378 e. The maximum atomic E-state index is 12.3. The van der Waals surface area contributed by atoms with Gasteiger partial charge in [-0.25, -0.2) is 0 Å². The standard InChI is InChI=1S/C18H22N2O2S/c21-18(6-5-16-4-2-9-22-16)20-17(11-14-7-10-23-13-14)15-3-1-8-19-12-15/h1,3,7-8,10,12-13,16-17H,2,4-6,9,11H2,(H,20,21)/t16-,17-/m1/s1. The molecule has 0 aromatic carbocycles. The van der Waals surface area contributed by atoms with Gasteiger partial charge in [-0.2, -0.15) is 11.3 Å². The number of hydrogen-bond acceptors (Lipinski definition) is 4.